The molecule has 0 saturated carbocycles. The summed E-state index contributed by atoms with van der Waals surface area (Å²) in [5.74, 6) is 1.15. The molecular formula is C17H27ClOSi. The van der Waals surface area contributed by atoms with Crippen LogP contribution in [0.1, 0.15) is 38.8 Å². The van der Waals surface area contributed by atoms with Gasteiger partial charge in [0.25, 0.3) is 0 Å². The van der Waals surface area contributed by atoms with Crippen LogP contribution in [0.25, 0.3) is 0 Å². The van der Waals surface area contributed by atoms with E-state index >= 15 is 0 Å². The second-order valence-corrected chi connectivity index (χ2v) is 8.23. The summed E-state index contributed by atoms with van der Waals surface area (Å²) in [4.78, 5) is -0.141. The molecule has 1 aliphatic heterocycles. The third kappa shape index (κ3) is 6.62. The molecule has 1 nitrogen and oxygen atoms in total. The molecule has 112 valence electrons. The van der Waals surface area contributed by atoms with Crippen LogP contribution < -0.4 is 0 Å². The van der Waals surface area contributed by atoms with Gasteiger partial charge in [0.2, 0.25) is 0 Å². The van der Waals surface area contributed by atoms with Crippen molar-refractivity contribution in [3.05, 3.63) is 47.2 Å². The van der Waals surface area contributed by atoms with Crippen LogP contribution in [0.4, 0.5) is 0 Å². The maximum atomic E-state index is 6.35. The van der Waals surface area contributed by atoms with E-state index in [1.54, 1.807) is 0 Å². The lowest BCUT2D eigenvalue weighted by Gasteiger charge is -2.20. The minimum atomic E-state index is -0.141. The standard InChI is InChI=1S/C10H15ClSi.C7H12O/c1-8-4-3-5-9(6-8)10(2,11)7-12;1-7(2,3)4-6-5-8-6/h3-6H,7H2,1-2,12H3;4H,5H2,1-3H3. The molecule has 1 fully saturated rings. The Bertz CT molecular complexity index is 466. The van der Waals surface area contributed by atoms with Crippen molar-refractivity contribution in [1.29, 1.82) is 0 Å². The van der Waals surface area contributed by atoms with Crippen molar-refractivity contribution in [1.82, 2.24) is 0 Å². The topological polar surface area (TPSA) is 12.5 Å². The molecule has 0 amide bonds. The van der Waals surface area contributed by atoms with E-state index < -0.39 is 0 Å². The Balaban J connectivity index is 0.000000217. The Morgan fingerprint density at radius 3 is 2.25 bits per heavy atom. The molecule has 0 radical (unpaired) electrons. The molecule has 1 atom stereocenters. The van der Waals surface area contributed by atoms with Crippen LogP contribution in [-0.4, -0.2) is 16.8 Å². The third-order valence-electron chi connectivity index (χ3n) is 3.19. The summed E-state index contributed by atoms with van der Waals surface area (Å²) in [7, 11) is 1.15. The van der Waals surface area contributed by atoms with Crippen LogP contribution in [-0.2, 0) is 9.61 Å². The average Bonchev–Trinajstić information content (AvgIpc) is 3.11. The number of epoxide rings is 1. The molecule has 1 aromatic carbocycles. The molecule has 1 aliphatic rings. The van der Waals surface area contributed by atoms with Crippen molar-refractivity contribution in [3.63, 3.8) is 0 Å². The number of alkyl halides is 1. The lowest BCUT2D eigenvalue weighted by molar-refractivity contribution is 0.488. The molecule has 3 heteroatoms. The van der Waals surface area contributed by atoms with Crippen molar-refractivity contribution < 1.29 is 4.74 Å². The molecule has 0 N–H and O–H groups in total. The molecule has 1 unspecified atom stereocenters. The average molecular weight is 311 g/mol. The van der Waals surface area contributed by atoms with Gasteiger partial charge in [-0.2, -0.15) is 0 Å². The van der Waals surface area contributed by atoms with Crippen molar-refractivity contribution >= 4 is 21.8 Å². The van der Waals surface area contributed by atoms with Crippen LogP contribution in [0, 0.1) is 12.3 Å². The normalized spacial score (nSPS) is 18.8. The first-order valence-electron chi connectivity index (χ1n) is 7.24. The lowest BCUT2D eigenvalue weighted by atomic mass is 9.96. The lowest BCUT2D eigenvalue weighted by Crippen LogP contribution is -2.12. The fourth-order valence-corrected chi connectivity index (χ4v) is 2.31. The molecule has 1 heterocycles. The summed E-state index contributed by atoms with van der Waals surface area (Å²) in [5, 5.41) is 0. The van der Waals surface area contributed by atoms with Gasteiger partial charge in [0.1, 0.15) is 12.4 Å². The fraction of sp³-hybridized carbons (Fsp3) is 0.529. The summed E-state index contributed by atoms with van der Waals surface area (Å²) in [6.07, 6.45) is 2.16. The molecular weight excluding hydrogens is 284 g/mol. The van der Waals surface area contributed by atoms with Crippen molar-refractivity contribution in [3.8, 4) is 0 Å². The van der Waals surface area contributed by atoms with E-state index in [4.69, 9.17) is 16.3 Å². The quantitative estimate of drug-likeness (QED) is 0.453. The number of hydrogen-bond donors (Lipinski definition) is 0. The second-order valence-electron chi connectivity index (χ2n) is 6.69. The smallest absolute Gasteiger partial charge is 0.145 e. The first kappa shape index (κ1) is 17.3. The van der Waals surface area contributed by atoms with Crippen LogP contribution >= 0.6 is 11.6 Å². The van der Waals surface area contributed by atoms with Crippen LogP contribution in [0.5, 0.6) is 0 Å². The van der Waals surface area contributed by atoms with Gasteiger partial charge in [-0.3, -0.25) is 0 Å². The number of hydrogen-bond acceptors (Lipinski definition) is 1. The Labute approximate surface area is 131 Å². The molecule has 2 rings (SSSR count). The van der Waals surface area contributed by atoms with E-state index in [0.29, 0.717) is 5.41 Å². The minimum absolute atomic E-state index is 0.141. The van der Waals surface area contributed by atoms with Crippen molar-refractivity contribution in [2.75, 3.05) is 6.61 Å². The number of rotatable bonds is 2. The van der Waals surface area contributed by atoms with Gasteiger partial charge >= 0.3 is 0 Å². The highest BCUT2D eigenvalue weighted by molar-refractivity contribution is 6.28. The van der Waals surface area contributed by atoms with Gasteiger partial charge in [-0.05, 0) is 36.9 Å². The largest absolute Gasteiger partial charge is 0.487 e. The highest BCUT2D eigenvalue weighted by Gasteiger charge is 2.20. The summed E-state index contributed by atoms with van der Waals surface area (Å²) in [5.41, 5.74) is 2.83. The Morgan fingerprint density at radius 2 is 1.90 bits per heavy atom. The number of ether oxygens (including phenoxy) is 1. The van der Waals surface area contributed by atoms with Gasteiger partial charge in [0.05, 0.1) is 4.87 Å². The first-order chi connectivity index (χ1) is 9.14. The Kier molecular flexibility index (Phi) is 5.90. The fourth-order valence-electron chi connectivity index (χ4n) is 1.78. The summed E-state index contributed by atoms with van der Waals surface area (Å²) >= 11 is 6.35. The zero-order chi connectivity index (χ0) is 15.4. The number of halogens is 1. The van der Waals surface area contributed by atoms with Crippen LogP contribution in [0.3, 0.4) is 0 Å². The Morgan fingerprint density at radius 1 is 1.30 bits per heavy atom. The molecule has 0 bridgehead atoms. The van der Waals surface area contributed by atoms with E-state index in [0.717, 1.165) is 28.7 Å². The first-order valence-corrected chi connectivity index (χ1v) is 9.04. The number of allylic oxidation sites excluding steroid dienone is 1. The molecule has 20 heavy (non-hydrogen) atoms. The van der Waals surface area contributed by atoms with E-state index in [-0.39, 0.29) is 4.87 Å². The van der Waals surface area contributed by atoms with Gasteiger partial charge in [-0.25, -0.2) is 0 Å². The van der Waals surface area contributed by atoms with Crippen molar-refractivity contribution in [2.24, 2.45) is 5.41 Å². The predicted octanol–water partition coefficient (Wildman–Crippen LogP) is 4.18. The van der Waals surface area contributed by atoms with E-state index in [9.17, 15) is 0 Å². The predicted molar refractivity (Wildman–Crippen MR) is 92.6 cm³/mol. The maximum absolute atomic E-state index is 6.35. The van der Waals surface area contributed by atoms with Gasteiger partial charge in [0, 0.05) is 10.2 Å². The summed E-state index contributed by atoms with van der Waals surface area (Å²) in [6.45, 7) is 11.6. The third-order valence-corrected chi connectivity index (χ3v) is 5.54. The van der Waals surface area contributed by atoms with E-state index in [1.807, 2.05) is 0 Å². The van der Waals surface area contributed by atoms with Crippen molar-refractivity contribution in [2.45, 2.75) is 45.5 Å². The zero-order valence-corrected chi connectivity index (χ0v) is 16.3. The monoisotopic (exact) mass is 310 g/mol. The maximum Gasteiger partial charge on any atom is 0.145 e. The molecule has 0 aliphatic carbocycles. The Hall–Kier alpha value is -0.733. The molecule has 0 spiro atoms. The highest BCUT2D eigenvalue weighted by atomic mass is 35.5. The zero-order valence-electron chi connectivity index (χ0n) is 13.6. The van der Waals surface area contributed by atoms with Crippen LogP contribution in [0.2, 0.25) is 6.04 Å². The van der Waals surface area contributed by atoms with Gasteiger partial charge in [-0.15, -0.1) is 11.6 Å². The number of aryl methyl sites for hydroxylation is 1. The second kappa shape index (κ2) is 6.82. The summed E-state index contributed by atoms with van der Waals surface area (Å²) < 4.78 is 4.95. The van der Waals surface area contributed by atoms with Gasteiger partial charge in [0.15, 0.2) is 0 Å². The van der Waals surface area contributed by atoms with Gasteiger partial charge in [-0.1, -0.05) is 50.6 Å². The highest BCUT2D eigenvalue weighted by Crippen LogP contribution is 2.31. The minimum Gasteiger partial charge on any atom is -0.487 e. The van der Waals surface area contributed by atoms with Gasteiger partial charge < -0.3 is 4.74 Å². The molecule has 1 aromatic rings. The SMILES string of the molecule is CC(C)(C)C=C1CO1.Cc1cccc(C(C)(Cl)C[SiH3])c1. The summed E-state index contributed by atoms with van der Waals surface area (Å²) in [6, 6.07) is 9.55. The number of benzene rings is 1. The molecule has 1 saturated heterocycles. The van der Waals surface area contributed by atoms with Crippen LogP contribution in [0.15, 0.2) is 36.1 Å². The van der Waals surface area contributed by atoms with E-state index in [2.05, 4.69) is 65.0 Å². The molecule has 0 aromatic heterocycles. The van der Waals surface area contributed by atoms with E-state index in [1.165, 1.54) is 11.1 Å².